The van der Waals surface area contributed by atoms with Crippen LogP contribution >= 0.6 is 11.8 Å². The van der Waals surface area contributed by atoms with E-state index in [-0.39, 0.29) is 5.91 Å². The minimum Gasteiger partial charge on any atom is -0.321 e. The highest BCUT2D eigenvalue weighted by Gasteiger charge is 2.08. The van der Waals surface area contributed by atoms with E-state index in [2.05, 4.69) is 24.4 Å². The van der Waals surface area contributed by atoms with Crippen LogP contribution in [0.3, 0.4) is 0 Å². The molecule has 0 atom stereocenters. The summed E-state index contributed by atoms with van der Waals surface area (Å²) in [6, 6.07) is 15.4. The molecule has 0 heterocycles. The largest absolute Gasteiger partial charge is 0.321 e. The lowest BCUT2D eigenvalue weighted by Gasteiger charge is -2.11. The summed E-state index contributed by atoms with van der Waals surface area (Å²) in [6.07, 6.45) is 3.02. The van der Waals surface area contributed by atoms with Gasteiger partial charge < -0.3 is 5.32 Å². The van der Waals surface area contributed by atoms with Crippen molar-refractivity contribution < 1.29 is 4.79 Å². The monoisotopic (exact) mass is 271 g/mol. The highest BCUT2D eigenvalue weighted by molar-refractivity contribution is 7.98. The molecule has 0 fully saturated rings. The Kier molecular flexibility index (Phi) is 4.63. The number of carbonyl (C=O) groups excluding carboxylic acids is 1. The molecule has 0 bridgehead atoms. The van der Waals surface area contributed by atoms with Crippen molar-refractivity contribution in [2.75, 3.05) is 11.6 Å². The number of rotatable bonds is 4. The van der Waals surface area contributed by atoms with E-state index in [4.69, 9.17) is 0 Å². The Labute approximate surface area is 118 Å². The van der Waals surface area contributed by atoms with E-state index in [1.54, 1.807) is 11.8 Å². The molecule has 19 heavy (non-hydrogen) atoms. The van der Waals surface area contributed by atoms with Crippen molar-refractivity contribution in [3.63, 3.8) is 0 Å². The lowest BCUT2D eigenvalue weighted by atomic mass is 10.1. The maximum absolute atomic E-state index is 12.1. The first kappa shape index (κ1) is 13.7. The normalized spacial score (nSPS) is 10.2. The van der Waals surface area contributed by atoms with Gasteiger partial charge in [0.1, 0.15) is 0 Å². The molecule has 2 aromatic carbocycles. The second-order valence-electron chi connectivity index (χ2n) is 4.21. The summed E-state index contributed by atoms with van der Waals surface area (Å²) in [6.45, 7) is 2.13. The Balaban J connectivity index is 2.21. The predicted molar refractivity (Wildman–Crippen MR) is 82.0 cm³/mol. The lowest BCUT2D eigenvalue weighted by Crippen LogP contribution is -2.12. The van der Waals surface area contributed by atoms with Crippen LogP contribution in [0.2, 0.25) is 0 Å². The molecular weight excluding hydrogens is 254 g/mol. The van der Waals surface area contributed by atoms with Gasteiger partial charge in [-0.25, -0.2) is 0 Å². The van der Waals surface area contributed by atoms with Crippen molar-refractivity contribution in [2.24, 2.45) is 0 Å². The predicted octanol–water partition coefficient (Wildman–Crippen LogP) is 4.22. The van der Waals surface area contributed by atoms with Gasteiger partial charge in [0.05, 0.1) is 5.69 Å². The topological polar surface area (TPSA) is 29.1 Å². The fourth-order valence-electron chi connectivity index (χ4n) is 1.84. The van der Waals surface area contributed by atoms with Gasteiger partial charge in [0.25, 0.3) is 5.91 Å². The van der Waals surface area contributed by atoms with E-state index in [1.807, 2.05) is 42.7 Å². The van der Waals surface area contributed by atoms with Crippen molar-refractivity contribution in [2.45, 2.75) is 18.2 Å². The van der Waals surface area contributed by atoms with Gasteiger partial charge in [-0.2, -0.15) is 0 Å². The van der Waals surface area contributed by atoms with Gasteiger partial charge in [0, 0.05) is 10.5 Å². The zero-order chi connectivity index (χ0) is 13.7. The number of thioether (sulfide) groups is 1. The Morgan fingerprint density at radius 2 is 1.89 bits per heavy atom. The number of hydrogen-bond acceptors (Lipinski definition) is 2. The summed E-state index contributed by atoms with van der Waals surface area (Å²) in [5.74, 6) is -0.0693. The average molecular weight is 271 g/mol. The van der Waals surface area contributed by atoms with Crippen LogP contribution in [0, 0.1) is 0 Å². The SMILES string of the molecule is CCc1ccc(NC(=O)c2ccccc2)c(SC)c1. The first-order valence-electron chi connectivity index (χ1n) is 6.28. The zero-order valence-electron chi connectivity index (χ0n) is 11.1. The van der Waals surface area contributed by atoms with E-state index in [9.17, 15) is 4.79 Å². The standard InChI is InChI=1S/C16H17NOS/c1-3-12-9-10-14(15(11-12)19-2)17-16(18)13-7-5-4-6-8-13/h4-11H,3H2,1-2H3,(H,17,18). The average Bonchev–Trinajstić information content (AvgIpc) is 2.48. The van der Waals surface area contributed by atoms with E-state index in [1.165, 1.54) is 5.56 Å². The van der Waals surface area contributed by atoms with Crippen LogP contribution in [0.5, 0.6) is 0 Å². The third kappa shape index (κ3) is 3.38. The maximum Gasteiger partial charge on any atom is 0.255 e. The fourth-order valence-corrected chi connectivity index (χ4v) is 2.45. The number of aryl methyl sites for hydroxylation is 1. The number of anilines is 1. The molecule has 2 aromatic rings. The van der Waals surface area contributed by atoms with Gasteiger partial charge in [0.15, 0.2) is 0 Å². The van der Waals surface area contributed by atoms with Crippen LogP contribution in [0.1, 0.15) is 22.8 Å². The van der Waals surface area contributed by atoms with Crippen LogP contribution in [-0.4, -0.2) is 12.2 Å². The van der Waals surface area contributed by atoms with Gasteiger partial charge in [0.2, 0.25) is 0 Å². The molecule has 0 saturated carbocycles. The fraction of sp³-hybridized carbons (Fsp3) is 0.188. The minimum atomic E-state index is -0.0693. The van der Waals surface area contributed by atoms with Crippen LogP contribution in [-0.2, 0) is 6.42 Å². The van der Waals surface area contributed by atoms with Gasteiger partial charge in [-0.15, -0.1) is 11.8 Å². The van der Waals surface area contributed by atoms with Crippen LogP contribution in [0.4, 0.5) is 5.69 Å². The molecule has 0 aliphatic heterocycles. The zero-order valence-corrected chi connectivity index (χ0v) is 12.0. The van der Waals surface area contributed by atoms with E-state index in [0.29, 0.717) is 5.56 Å². The molecule has 0 aromatic heterocycles. The molecule has 0 radical (unpaired) electrons. The Morgan fingerprint density at radius 3 is 2.53 bits per heavy atom. The highest BCUT2D eigenvalue weighted by atomic mass is 32.2. The first-order chi connectivity index (χ1) is 9.24. The number of amides is 1. The van der Waals surface area contributed by atoms with E-state index in [0.717, 1.165) is 17.0 Å². The lowest BCUT2D eigenvalue weighted by molar-refractivity contribution is 0.102. The molecule has 1 N–H and O–H groups in total. The Morgan fingerprint density at radius 1 is 1.16 bits per heavy atom. The van der Waals surface area contributed by atoms with Crippen molar-refractivity contribution in [1.82, 2.24) is 0 Å². The summed E-state index contributed by atoms with van der Waals surface area (Å²) in [5.41, 5.74) is 2.83. The molecular formula is C16H17NOS. The van der Waals surface area contributed by atoms with Crippen LogP contribution < -0.4 is 5.32 Å². The number of carbonyl (C=O) groups is 1. The highest BCUT2D eigenvalue weighted by Crippen LogP contribution is 2.27. The summed E-state index contributed by atoms with van der Waals surface area (Å²) in [4.78, 5) is 13.2. The minimum absolute atomic E-state index is 0.0693. The number of hydrogen-bond donors (Lipinski definition) is 1. The second-order valence-corrected chi connectivity index (χ2v) is 5.06. The van der Waals surface area contributed by atoms with Crippen molar-refractivity contribution in [3.8, 4) is 0 Å². The molecule has 0 saturated heterocycles. The van der Waals surface area contributed by atoms with E-state index >= 15 is 0 Å². The molecule has 98 valence electrons. The van der Waals surface area contributed by atoms with Crippen LogP contribution in [0.25, 0.3) is 0 Å². The van der Waals surface area contributed by atoms with Gasteiger partial charge in [-0.3, -0.25) is 4.79 Å². The summed E-state index contributed by atoms with van der Waals surface area (Å²) >= 11 is 1.65. The molecule has 0 spiro atoms. The molecule has 3 heteroatoms. The molecule has 1 amide bonds. The molecule has 2 rings (SSSR count). The van der Waals surface area contributed by atoms with Gasteiger partial charge >= 0.3 is 0 Å². The number of benzene rings is 2. The maximum atomic E-state index is 12.1. The smallest absolute Gasteiger partial charge is 0.255 e. The van der Waals surface area contributed by atoms with E-state index < -0.39 is 0 Å². The van der Waals surface area contributed by atoms with Gasteiger partial charge in [-0.05, 0) is 42.5 Å². The first-order valence-corrected chi connectivity index (χ1v) is 7.50. The molecule has 0 aliphatic rings. The third-order valence-electron chi connectivity index (χ3n) is 2.96. The molecule has 0 unspecified atom stereocenters. The summed E-state index contributed by atoms with van der Waals surface area (Å²) in [7, 11) is 0. The van der Waals surface area contributed by atoms with Gasteiger partial charge in [-0.1, -0.05) is 31.2 Å². The van der Waals surface area contributed by atoms with Crippen LogP contribution in [0.15, 0.2) is 53.4 Å². The van der Waals surface area contributed by atoms with Crippen molar-refractivity contribution >= 4 is 23.4 Å². The Bertz CT molecular complexity index is 566. The summed E-state index contributed by atoms with van der Waals surface area (Å²) in [5, 5.41) is 2.97. The molecule has 2 nitrogen and oxygen atoms in total. The third-order valence-corrected chi connectivity index (χ3v) is 3.74. The summed E-state index contributed by atoms with van der Waals surface area (Å²) < 4.78 is 0. The van der Waals surface area contributed by atoms with Crippen molar-refractivity contribution in [3.05, 3.63) is 59.7 Å². The van der Waals surface area contributed by atoms with Crippen molar-refractivity contribution in [1.29, 1.82) is 0 Å². The molecule has 0 aliphatic carbocycles. The Hall–Kier alpha value is -1.74. The number of nitrogens with one attached hydrogen (secondary N) is 1. The second kappa shape index (κ2) is 6.43. The quantitative estimate of drug-likeness (QED) is 0.843.